The Bertz CT molecular complexity index is 227. The average Bonchev–Trinajstić information content (AvgIpc) is 2.85. The predicted octanol–water partition coefficient (Wildman–Crippen LogP) is 0.213. The van der Waals surface area contributed by atoms with Crippen molar-refractivity contribution < 1.29 is 4.79 Å². The Morgan fingerprint density at radius 1 is 1.75 bits per heavy atom. The highest BCUT2D eigenvalue weighted by Crippen LogP contribution is 2.31. The Balaban J connectivity index is 2.10. The van der Waals surface area contributed by atoms with Crippen LogP contribution in [0.25, 0.3) is 0 Å². The number of carbonyl (C=O) groups excluding carboxylic acids is 1. The SMILES string of the molecule is CSC1=NNC(C=O)N1C1CC1. The first-order valence-electron chi connectivity index (χ1n) is 3.97. The van der Waals surface area contributed by atoms with Gasteiger partial charge in [0, 0.05) is 6.04 Å². The van der Waals surface area contributed by atoms with Gasteiger partial charge in [0.2, 0.25) is 0 Å². The topological polar surface area (TPSA) is 44.7 Å². The summed E-state index contributed by atoms with van der Waals surface area (Å²) in [5.41, 5.74) is 2.80. The maximum atomic E-state index is 10.6. The van der Waals surface area contributed by atoms with Crippen LogP contribution in [0.1, 0.15) is 12.8 Å². The van der Waals surface area contributed by atoms with Gasteiger partial charge in [-0.15, -0.1) is 0 Å². The number of aldehydes is 1. The minimum absolute atomic E-state index is 0.222. The van der Waals surface area contributed by atoms with Crippen molar-refractivity contribution in [1.29, 1.82) is 0 Å². The molecule has 0 amide bonds. The lowest BCUT2D eigenvalue weighted by Crippen LogP contribution is -2.41. The number of nitrogens with one attached hydrogen (secondary N) is 1. The first-order chi connectivity index (χ1) is 5.86. The molecule has 1 aliphatic carbocycles. The van der Waals surface area contributed by atoms with E-state index in [4.69, 9.17) is 0 Å². The van der Waals surface area contributed by atoms with E-state index in [0.717, 1.165) is 11.5 Å². The summed E-state index contributed by atoms with van der Waals surface area (Å²) in [5, 5.41) is 5.01. The lowest BCUT2D eigenvalue weighted by Gasteiger charge is -2.21. The number of amidine groups is 1. The molecule has 0 bridgehead atoms. The smallest absolute Gasteiger partial charge is 0.185 e. The number of nitrogens with zero attached hydrogens (tertiary/aromatic N) is 2. The zero-order chi connectivity index (χ0) is 8.55. The van der Waals surface area contributed by atoms with Gasteiger partial charge in [-0.3, -0.25) is 10.2 Å². The van der Waals surface area contributed by atoms with Crippen LogP contribution in [0, 0.1) is 0 Å². The molecule has 0 saturated heterocycles. The second-order valence-corrected chi connectivity index (χ2v) is 3.72. The number of carbonyl (C=O) groups is 1. The summed E-state index contributed by atoms with van der Waals surface area (Å²) in [6.45, 7) is 0. The van der Waals surface area contributed by atoms with Gasteiger partial charge in [0.1, 0.15) is 0 Å². The fourth-order valence-corrected chi connectivity index (χ4v) is 1.96. The van der Waals surface area contributed by atoms with Gasteiger partial charge >= 0.3 is 0 Å². The maximum Gasteiger partial charge on any atom is 0.185 e. The molecule has 0 aromatic rings. The van der Waals surface area contributed by atoms with Gasteiger partial charge < -0.3 is 4.90 Å². The van der Waals surface area contributed by atoms with Crippen LogP contribution in [0.5, 0.6) is 0 Å². The third-order valence-electron chi connectivity index (χ3n) is 2.06. The molecule has 1 fully saturated rings. The number of thioether (sulfide) groups is 1. The summed E-state index contributed by atoms with van der Waals surface area (Å²) >= 11 is 1.58. The van der Waals surface area contributed by atoms with Crippen LogP contribution in [0.15, 0.2) is 5.10 Å². The Morgan fingerprint density at radius 2 is 2.50 bits per heavy atom. The van der Waals surface area contributed by atoms with Crippen molar-refractivity contribution in [3.8, 4) is 0 Å². The predicted molar refractivity (Wildman–Crippen MR) is 48.8 cm³/mol. The molecule has 0 spiro atoms. The van der Waals surface area contributed by atoms with Crippen LogP contribution in [0.3, 0.4) is 0 Å². The minimum atomic E-state index is -0.222. The third kappa shape index (κ3) is 1.18. The van der Waals surface area contributed by atoms with E-state index in [2.05, 4.69) is 15.4 Å². The largest absolute Gasteiger partial charge is 0.319 e. The van der Waals surface area contributed by atoms with E-state index in [9.17, 15) is 4.79 Å². The van der Waals surface area contributed by atoms with E-state index in [0.29, 0.717) is 6.04 Å². The van der Waals surface area contributed by atoms with Crippen molar-refractivity contribution in [1.82, 2.24) is 10.3 Å². The normalized spacial score (nSPS) is 28.2. The first kappa shape index (κ1) is 7.91. The van der Waals surface area contributed by atoms with Crippen LogP contribution in [-0.4, -0.2) is 34.8 Å². The van der Waals surface area contributed by atoms with E-state index >= 15 is 0 Å². The quantitative estimate of drug-likeness (QED) is 0.625. The number of rotatable bonds is 2. The van der Waals surface area contributed by atoms with E-state index in [1.807, 2.05) is 6.26 Å². The maximum absolute atomic E-state index is 10.6. The van der Waals surface area contributed by atoms with Gasteiger partial charge in [0.05, 0.1) is 0 Å². The average molecular weight is 185 g/mol. The molecule has 0 radical (unpaired) electrons. The van der Waals surface area contributed by atoms with Crippen LogP contribution < -0.4 is 5.43 Å². The second-order valence-electron chi connectivity index (χ2n) is 2.95. The Hall–Kier alpha value is -0.710. The zero-order valence-corrected chi connectivity index (χ0v) is 7.67. The Kier molecular flexibility index (Phi) is 1.96. The Morgan fingerprint density at radius 3 is 3.00 bits per heavy atom. The number of hydrogen-bond donors (Lipinski definition) is 1. The van der Waals surface area contributed by atoms with Crippen LogP contribution in [0.2, 0.25) is 0 Å². The monoisotopic (exact) mass is 185 g/mol. The van der Waals surface area contributed by atoms with E-state index < -0.39 is 0 Å². The van der Waals surface area contributed by atoms with Gasteiger partial charge in [-0.25, -0.2) is 0 Å². The summed E-state index contributed by atoms with van der Waals surface area (Å²) < 4.78 is 0. The van der Waals surface area contributed by atoms with Crippen LogP contribution in [-0.2, 0) is 4.79 Å². The molecule has 5 heteroatoms. The minimum Gasteiger partial charge on any atom is -0.319 e. The van der Waals surface area contributed by atoms with Crippen molar-refractivity contribution in [2.45, 2.75) is 25.0 Å². The van der Waals surface area contributed by atoms with E-state index in [1.54, 1.807) is 11.8 Å². The molecule has 1 N–H and O–H groups in total. The Labute approximate surface area is 75.4 Å². The van der Waals surface area contributed by atoms with Crippen molar-refractivity contribution in [3.63, 3.8) is 0 Å². The fourth-order valence-electron chi connectivity index (χ4n) is 1.34. The van der Waals surface area contributed by atoms with Gasteiger partial charge in [-0.05, 0) is 19.1 Å². The molecule has 1 aliphatic heterocycles. The van der Waals surface area contributed by atoms with Crippen LogP contribution in [0.4, 0.5) is 0 Å². The molecule has 66 valence electrons. The number of hydrazone groups is 1. The summed E-state index contributed by atoms with van der Waals surface area (Å²) in [5.74, 6) is 0. The third-order valence-corrected chi connectivity index (χ3v) is 2.73. The molecule has 2 rings (SSSR count). The fraction of sp³-hybridized carbons (Fsp3) is 0.714. The lowest BCUT2D eigenvalue weighted by molar-refractivity contribution is -0.111. The van der Waals surface area contributed by atoms with E-state index in [-0.39, 0.29) is 6.17 Å². The van der Waals surface area contributed by atoms with Gasteiger partial charge in [-0.1, -0.05) is 11.8 Å². The molecule has 2 aliphatic rings. The molecular formula is C7H11N3OS. The van der Waals surface area contributed by atoms with Crippen molar-refractivity contribution in [3.05, 3.63) is 0 Å². The molecule has 4 nitrogen and oxygen atoms in total. The molecule has 1 heterocycles. The highest BCUT2D eigenvalue weighted by atomic mass is 32.2. The zero-order valence-electron chi connectivity index (χ0n) is 6.86. The van der Waals surface area contributed by atoms with E-state index in [1.165, 1.54) is 12.8 Å². The van der Waals surface area contributed by atoms with Crippen LogP contribution >= 0.6 is 11.8 Å². The van der Waals surface area contributed by atoms with Crippen molar-refractivity contribution >= 4 is 23.2 Å². The molecule has 1 unspecified atom stereocenters. The molecule has 1 atom stereocenters. The standard InChI is InChI=1S/C7H11N3OS/c1-12-7-9-8-6(4-11)10(7)5-2-3-5/h4-6,8H,2-3H2,1H3. The molecule has 12 heavy (non-hydrogen) atoms. The summed E-state index contributed by atoms with van der Waals surface area (Å²) in [7, 11) is 0. The lowest BCUT2D eigenvalue weighted by atomic mass is 10.4. The second kappa shape index (κ2) is 2.97. The number of hydrogen-bond acceptors (Lipinski definition) is 5. The molecule has 0 aromatic carbocycles. The van der Waals surface area contributed by atoms with Gasteiger partial charge in [0.15, 0.2) is 17.6 Å². The van der Waals surface area contributed by atoms with Gasteiger partial charge in [0.25, 0.3) is 0 Å². The highest BCUT2D eigenvalue weighted by molar-refractivity contribution is 8.13. The van der Waals surface area contributed by atoms with Crippen molar-refractivity contribution in [2.75, 3.05) is 6.26 Å². The first-order valence-corrected chi connectivity index (χ1v) is 5.20. The summed E-state index contributed by atoms with van der Waals surface area (Å²) in [4.78, 5) is 12.7. The van der Waals surface area contributed by atoms with Crippen molar-refractivity contribution in [2.24, 2.45) is 5.10 Å². The van der Waals surface area contributed by atoms with Gasteiger partial charge in [-0.2, -0.15) is 5.10 Å². The highest BCUT2D eigenvalue weighted by Gasteiger charge is 2.38. The molecular weight excluding hydrogens is 174 g/mol. The molecule has 0 aromatic heterocycles. The summed E-state index contributed by atoms with van der Waals surface area (Å²) in [6, 6.07) is 0.543. The summed E-state index contributed by atoms with van der Waals surface area (Å²) in [6.07, 6.45) is 5.03. The molecule has 1 saturated carbocycles.